The summed E-state index contributed by atoms with van der Waals surface area (Å²) in [4.78, 5) is 1.15. The van der Waals surface area contributed by atoms with Gasteiger partial charge in [0, 0.05) is 17.5 Å². The SMILES string of the molecule is COc1cc(S(=O)(=O)NCc2cccs2)ccc1Br. The molecule has 0 unspecified atom stereocenters. The van der Waals surface area contributed by atoms with Gasteiger partial charge in [0.05, 0.1) is 16.5 Å². The first-order valence-corrected chi connectivity index (χ1v) is 8.54. The maximum Gasteiger partial charge on any atom is 0.241 e. The van der Waals surface area contributed by atoms with Gasteiger partial charge in [-0.15, -0.1) is 11.3 Å². The molecule has 1 aromatic heterocycles. The van der Waals surface area contributed by atoms with E-state index in [4.69, 9.17) is 4.74 Å². The highest BCUT2D eigenvalue weighted by Crippen LogP contribution is 2.27. The zero-order valence-electron chi connectivity index (χ0n) is 10.1. The lowest BCUT2D eigenvalue weighted by Crippen LogP contribution is -2.22. The quantitative estimate of drug-likeness (QED) is 0.890. The molecule has 0 bridgehead atoms. The number of sulfonamides is 1. The van der Waals surface area contributed by atoms with Crippen LogP contribution >= 0.6 is 27.3 Å². The second-order valence-corrected chi connectivity index (χ2v) is 7.35. The Balaban J connectivity index is 2.19. The van der Waals surface area contributed by atoms with E-state index in [1.165, 1.54) is 30.6 Å². The molecule has 0 amide bonds. The Bertz CT molecular complexity index is 654. The normalized spacial score (nSPS) is 11.5. The van der Waals surface area contributed by atoms with Crippen LogP contribution in [-0.4, -0.2) is 15.5 Å². The predicted octanol–water partition coefficient (Wildman–Crippen LogP) is 3.00. The molecule has 2 aromatic rings. The summed E-state index contributed by atoms with van der Waals surface area (Å²) in [5.74, 6) is 0.485. The molecule has 1 aromatic carbocycles. The van der Waals surface area contributed by atoms with E-state index in [2.05, 4.69) is 20.7 Å². The summed E-state index contributed by atoms with van der Waals surface area (Å²) in [6.45, 7) is 0.290. The van der Waals surface area contributed by atoms with E-state index >= 15 is 0 Å². The number of hydrogen-bond donors (Lipinski definition) is 1. The predicted molar refractivity (Wildman–Crippen MR) is 79.0 cm³/mol. The molecule has 102 valence electrons. The van der Waals surface area contributed by atoms with E-state index in [9.17, 15) is 8.42 Å². The third-order valence-corrected chi connectivity index (χ3v) is 5.38. The first-order chi connectivity index (χ1) is 9.03. The molecule has 0 radical (unpaired) electrons. The van der Waals surface area contributed by atoms with Gasteiger partial charge in [0.1, 0.15) is 5.75 Å². The first kappa shape index (κ1) is 14.5. The lowest BCUT2D eigenvalue weighted by Gasteiger charge is -2.08. The monoisotopic (exact) mass is 361 g/mol. The molecule has 2 rings (SSSR count). The van der Waals surface area contributed by atoms with Gasteiger partial charge in [-0.1, -0.05) is 6.07 Å². The summed E-state index contributed by atoms with van der Waals surface area (Å²) in [6, 6.07) is 8.44. The maximum absolute atomic E-state index is 12.1. The van der Waals surface area contributed by atoms with Crippen LogP contribution in [0.2, 0.25) is 0 Å². The molecule has 0 aliphatic carbocycles. The summed E-state index contributed by atoms with van der Waals surface area (Å²) >= 11 is 4.80. The van der Waals surface area contributed by atoms with E-state index < -0.39 is 10.0 Å². The molecule has 0 atom stereocenters. The third kappa shape index (κ3) is 3.56. The summed E-state index contributed by atoms with van der Waals surface area (Å²) in [6.07, 6.45) is 0. The van der Waals surface area contributed by atoms with Gasteiger partial charge >= 0.3 is 0 Å². The second kappa shape index (κ2) is 6.04. The number of ether oxygens (including phenoxy) is 1. The standard InChI is InChI=1S/C12H12BrNO3S2/c1-17-12-7-10(4-5-11(12)13)19(15,16)14-8-9-3-2-6-18-9/h2-7,14H,8H2,1H3. The van der Waals surface area contributed by atoms with Crippen LogP contribution in [-0.2, 0) is 16.6 Å². The van der Waals surface area contributed by atoms with Crippen molar-refractivity contribution in [3.05, 3.63) is 45.1 Å². The summed E-state index contributed by atoms with van der Waals surface area (Å²) in [7, 11) is -2.03. The van der Waals surface area contributed by atoms with Crippen molar-refractivity contribution in [3.8, 4) is 5.75 Å². The molecule has 0 aliphatic heterocycles. The van der Waals surface area contributed by atoms with Gasteiger partial charge in [0.25, 0.3) is 0 Å². The van der Waals surface area contributed by atoms with E-state index in [0.717, 1.165) is 4.88 Å². The highest BCUT2D eigenvalue weighted by atomic mass is 79.9. The average Bonchev–Trinajstić information content (AvgIpc) is 2.90. The molecule has 1 N–H and O–H groups in total. The molecule has 4 nitrogen and oxygen atoms in total. The number of rotatable bonds is 5. The van der Waals surface area contributed by atoms with Crippen molar-refractivity contribution in [2.45, 2.75) is 11.4 Å². The molecule has 7 heteroatoms. The molecule has 0 aliphatic rings. The Kier molecular flexibility index (Phi) is 4.62. The summed E-state index contributed by atoms with van der Waals surface area (Å²) < 4.78 is 32.6. The van der Waals surface area contributed by atoms with Crippen molar-refractivity contribution in [2.75, 3.05) is 7.11 Å². The Morgan fingerprint density at radius 3 is 2.79 bits per heavy atom. The number of nitrogens with one attached hydrogen (secondary N) is 1. The Morgan fingerprint density at radius 2 is 2.16 bits per heavy atom. The van der Waals surface area contributed by atoms with Crippen molar-refractivity contribution in [2.24, 2.45) is 0 Å². The van der Waals surface area contributed by atoms with Crippen LogP contribution in [0.1, 0.15) is 4.88 Å². The van der Waals surface area contributed by atoms with Crippen molar-refractivity contribution in [1.82, 2.24) is 4.72 Å². The molecule has 0 saturated carbocycles. The second-order valence-electron chi connectivity index (χ2n) is 3.70. The van der Waals surface area contributed by atoms with Gasteiger partial charge in [-0.3, -0.25) is 0 Å². The summed E-state index contributed by atoms with van der Waals surface area (Å²) in [5, 5.41) is 1.91. The van der Waals surface area contributed by atoms with Crippen LogP contribution < -0.4 is 9.46 Å². The molecular formula is C12H12BrNO3S2. The lowest BCUT2D eigenvalue weighted by atomic mass is 10.3. The van der Waals surface area contributed by atoms with Crippen molar-refractivity contribution in [1.29, 1.82) is 0 Å². The van der Waals surface area contributed by atoms with Gasteiger partial charge < -0.3 is 4.74 Å². The highest BCUT2D eigenvalue weighted by molar-refractivity contribution is 9.10. The van der Waals surface area contributed by atoms with Gasteiger partial charge in [0.15, 0.2) is 0 Å². The van der Waals surface area contributed by atoms with Crippen LogP contribution in [0.5, 0.6) is 5.75 Å². The fourth-order valence-corrected chi connectivity index (χ4v) is 3.64. The average molecular weight is 362 g/mol. The van der Waals surface area contributed by atoms with Gasteiger partial charge in [0.2, 0.25) is 10.0 Å². The molecule has 19 heavy (non-hydrogen) atoms. The Labute approximate surface area is 124 Å². The minimum atomic E-state index is -3.53. The highest BCUT2D eigenvalue weighted by Gasteiger charge is 2.15. The van der Waals surface area contributed by atoms with E-state index in [0.29, 0.717) is 16.8 Å². The Morgan fingerprint density at radius 1 is 1.37 bits per heavy atom. The zero-order valence-corrected chi connectivity index (χ0v) is 13.3. The van der Waals surface area contributed by atoms with Crippen LogP contribution in [0.4, 0.5) is 0 Å². The molecule has 0 spiro atoms. The van der Waals surface area contributed by atoms with Crippen LogP contribution in [0.15, 0.2) is 45.1 Å². The Hall–Kier alpha value is -0.890. The molecule has 0 fully saturated rings. The number of benzene rings is 1. The topological polar surface area (TPSA) is 55.4 Å². The third-order valence-electron chi connectivity index (χ3n) is 2.45. The number of hydrogen-bond acceptors (Lipinski definition) is 4. The fraction of sp³-hybridized carbons (Fsp3) is 0.167. The van der Waals surface area contributed by atoms with E-state index in [1.54, 1.807) is 6.07 Å². The van der Waals surface area contributed by atoms with Crippen LogP contribution in [0, 0.1) is 0 Å². The van der Waals surface area contributed by atoms with Crippen LogP contribution in [0.3, 0.4) is 0 Å². The fourth-order valence-electron chi connectivity index (χ4n) is 1.47. The van der Waals surface area contributed by atoms with Crippen molar-refractivity contribution >= 4 is 37.3 Å². The number of thiophene rings is 1. The molecule has 1 heterocycles. The lowest BCUT2D eigenvalue weighted by molar-refractivity contribution is 0.410. The number of halogens is 1. The van der Waals surface area contributed by atoms with Crippen LogP contribution in [0.25, 0.3) is 0 Å². The largest absolute Gasteiger partial charge is 0.496 e. The molecular weight excluding hydrogens is 350 g/mol. The first-order valence-electron chi connectivity index (χ1n) is 5.38. The molecule has 0 saturated heterocycles. The summed E-state index contributed by atoms with van der Waals surface area (Å²) in [5.41, 5.74) is 0. The zero-order chi connectivity index (χ0) is 13.9. The number of methoxy groups -OCH3 is 1. The van der Waals surface area contributed by atoms with E-state index in [-0.39, 0.29) is 4.90 Å². The minimum absolute atomic E-state index is 0.184. The van der Waals surface area contributed by atoms with Crippen molar-refractivity contribution in [3.63, 3.8) is 0 Å². The maximum atomic E-state index is 12.1. The van der Waals surface area contributed by atoms with E-state index in [1.807, 2.05) is 17.5 Å². The van der Waals surface area contributed by atoms with Gasteiger partial charge in [-0.25, -0.2) is 13.1 Å². The van der Waals surface area contributed by atoms with Crippen molar-refractivity contribution < 1.29 is 13.2 Å². The smallest absolute Gasteiger partial charge is 0.241 e. The van der Waals surface area contributed by atoms with Gasteiger partial charge in [-0.2, -0.15) is 0 Å². The van der Waals surface area contributed by atoms with Gasteiger partial charge in [-0.05, 0) is 39.5 Å². The minimum Gasteiger partial charge on any atom is -0.496 e.